The number of benzene rings is 2. The highest BCUT2D eigenvalue weighted by atomic mass is 16.5. The second-order valence-electron chi connectivity index (χ2n) is 7.31. The molecule has 8 nitrogen and oxygen atoms in total. The van der Waals surface area contributed by atoms with Gasteiger partial charge in [-0.2, -0.15) is 0 Å². The third-order valence-corrected chi connectivity index (χ3v) is 5.31. The topological polar surface area (TPSA) is 92.7 Å². The first kappa shape index (κ1) is 20.5. The molecule has 31 heavy (non-hydrogen) atoms. The van der Waals surface area contributed by atoms with E-state index >= 15 is 0 Å². The molecule has 2 amide bonds. The van der Waals surface area contributed by atoms with E-state index in [1.54, 1.807) is 58.6 Å². The van der Waals surface area contributed by atoms with Crippen LogP contribution in [0.25, 0.3) is 11.0 Å². The minimum absolute atomic E-state index is 0.0249. The van der Waals surface area contributed by atoms with Gasteiger partial charge in [-0.25, -0.2) is 4.79 Å². The van der Waals surface area contributed by atoms with E-state index in [0.717, 1.165) is 11.1 Å². The zero-order valence-electron chi connectivity index (χ0n) is 17.2. The number of methoxy groups -OCH3 is 1. The molecule has 4 rings (SSSR count). The van der Waals surface area contributed by atoms with Crippen molar-refractivity contribution < 1.29 is 19.1 Å². The minimum atomic E-state index is -0.416. The summed E-state index contributed by atoms with van der Waals surface area (Å²) in [6.07, 6.45) is 3.45. The average molecular weight is 418 g/mol. The fourth-order valence-corrected chi connectivity index (χ4v) is 3.65. The number of fused-ring (bicyclic) bond motifs is 1. The lowest BCUT2D eigenvalue weighted by atomic mass is 10.1. The Morgan fingerprint density at radius 2 is 1.77 bits per heavy atom. The van der Waals surface area contributed by atoms with E-state index in [9.17, 15) is 14.4 Å². The highest BCUT2D eigenvalue weighted by Gasteiger charge is 2.25. The van der Waals surface area contributed by atoms with Crippen molar-refractivity contribution in [3.05, 3.63) is 71.5 Å². The summed E-state index contributed by atoms with van der Waals surface area (Å²) in [5.74, 6) is -0.570. The van der Waals surface area contributed by atoms with E-state index in [2.05, 4.69) is 9.97 Å². The van der Waals surface area contributed by atoms with Gasteiger partial charge in [0.05, 0.1) is 23.7 Å². The molecule has 1 fully saturated rings. The molecular weight excluding hydrogens is 396 g/mol. The normalized spacial score (nSPS) is 14.4. The lowest BCUT2D eigenvalue weighted by molar-refractivity contribution is -0.130. The van der Waals surface area contributed by atoms with Crippen LogP contribution in [-0.4, -0.2) is 64.3 Å². The fourth-order valence-electron chi connectivity index (χ4n) is 3.65. The van der Waals surface area contributed by atoms with Gasteiger partial charge in [0, 0.05) is 50.6 Å². The predicted molar refractivity (Wildman–Crippen MR) is 113 cm³/mol. The molecule has 2 aromatic carbocycles. The van der Waals surface area contributed by atoms with Gasteiger partial charge in [-0.15, -0.1) is 0 Å². The van der Waals surface area contributed by atoms with Crippen molar-refractivity contribution in [2.75, 3.05) is 26.7 Å². The molecule has 1 aromatic heterocycles. The zero-order valence-corrected chi connectivity index (χ0v) is 17.2. The summed E-state index contributed by atoms with van der Waals surface area (Å²) in [5.41, 5.74) is 3.19. The first-order valence-corrected chi connectivity index (χ1v) is 10.0. The van der Waals surface area contributed by atoms with Gasteiger partial charge in [-0.3, -0.25) is 19.6 Å². The Bertz CT molecular complexity index is 1150. The Balaban J connectivity index is 1.46. The number of hydrogen-bond acceptors (Lipinski definition) is 6. The molecule has 0 aliphatic carbocycles. The van der Waals surface area contributed by atoms with Crippen LogP contribution in [0.4, 0.5) is 0 Å². The van der Waals surface area contributed by atoms with Gasteiger partial charge in [-0.1, -0.05) is 12.1 Å². The van der Waals surface area contributed by atoms with Crippen LogP contribution in [0, 0.1) is 0 Å². The Morgan fingerprint density at radius 1 is 0.968 bits per heavy atom. The van der Waals surface area contributed by atoms with Crippen molar-refractivity contribution in [3.8, 4) is 0 Å². The summed E-state index contributed by atoms with van der Waals surface area (Å²) in [6.45, 7) is 1.58. The molecule has 0 atom stereocenters. The molecule has 0 saturated carbocycles. The Hall–Kier alpha value is -3.81. The van der Waals surface area contributed by atoms with Crippen LogP contribution >= 0.6 is 0 Å². The summed E-state index contributed by atoms with van der Waals surface area (Å²) < 4.78 is 4.76. The third kappa shape index (κ3) is 4.53. The van der Waals surface area contributed by atoms with E-state index in [0.29, 0.717) is 42.8 Å². The van der Waals surface area contributed by atoms with Crippen LogP contribution in [0.5, 0.6) is 0 Å². The highest BCUT2D eigenvalue weighted by Crippen LogP contribution is 2.16. The third-order valence-electron chi connectivity index (χ3n) is 5.31. The molecule has 8 heteroatoms. The monoisotopic (exact) mass is 418 g/mol. The van der Waals surface area contributed by atoms with Gasteiger partial charge in [0.15, 0.2) is 0 Å². The number of esters is 1. The smallest absolute Gasteiger partial charge is 0.337 e. The van der Waals surface area contributed by atoms with Gasteiger partial charge >= 0.3 is 5.97 Å². The van der Waals surface area contributed by atoms with Crippen molar-refractivity contribution in [2.45, 2.75) is 13.0 Å². The van der Waals surface area contributed by atoms with Crippen molar-refractivity contribution in [1.82, 2.24) is 19.8 Å². The second-order valence-corrected chi connectivity index (χ2v) is 7.31. The molecule has 0 N–H and O–H groups in total. The molecular formula is C23H22N4O4. The first-order chi connectivity index (χ1) is 15.0. The van der Waals surface area contributed by atoms with Gasteiger partial charge < -0.3 is 14.5 Å². The van der Waals surface area contributed by atoms with E-state index in [1.165, 1.54) is 7.11 Å². The van der Waals surface area contributed by atoms with Gasteiger partial charge in [0.2, 0.25) is 5.91 Å². The molecule has 2 heterocycles. The minimum Gasteiger partial charge on any atom is -0.465 e. The number of hydrogen-bond donors (Lipinski definition) is 0. The number of aromatic nitrogens is 2. The number of amides is 2. The van der Waals surface area contributed by atoms with Crippen LogP contribution in [-0.2, 0) is 16.1 Å². The molecule has 158 valence electrons. The Kier molecular flexibility index (Phi) is 5.88. The predicted octanol–water partition coefficient (Wildman–Crippen LogP) is 2.29. The van der Waals surface area contributed by atoms with Gasteiger partial charge in [0.1, 0.15) is 0 Å². The highest BCUT2D eigenvalue weighted by molar-refractivity contribution is 5.97. The van der Waals surface area contributed by atoms with E-state index in [1.807, 2.05) is 6.07 Å². The van der Waals surface area contributed by atoms with Gasteiger partial charge in [-0.05, 0) is 35.9 Å². The molecule has 3 aromatic rings. The summed E-state index contributed by atoms with van der Waals surface area (Å²) >= 11 is 0. The lowest BCUT2D eigenvalue weighted by Gasteiger charge is -2.22. The molecule has 0 unspecified atom stereocenters. The maximum atomic E-state index is 13.0. The van der Waals surface area contributed by atoms with Crippen molar-refractivity contribution in [2.24, 2.45) is 0 Å². The Morgan fingerprint density at radius 3 is 2.58 bits per heavy atom. The number of nitrogens with zero attached hydrogens (tertiary/aromatic N) is 4. The molecule has 1 aliphatic heterocycles. The Labute approximate surface area is 179 Å². The van der Waals surface area contributed by atoms with E-state index in [4.69, 9.17) is 4.74 Å². The molecule has 0 bridgehead atoms. The standard InChI is InChI=1S/C23H22N4O4/c1-31-23(30)18-4-2-3-16(13-18)15-27-12-11-26(10-7-21(27)28)22(29)17-5-6-19-20(14-17)25-9-8-24-19/h2-6,8-9,13-14H,7,10-12,15H2,1H3. The molecule has 0 radical (unpaired) electrons. The number of carbonyl (C=O) groups is 3. The quantitative estimate of drug-likeness (QED) is 0.604. The zero-order chi connectivity index (χ0) is 21.8. The maximum absolute atomic E-state index is 13.0. The van der Waals surface area contributed by atoms with Crippen molar-refractivity contribution >= 4 is 28.8 Å². The van der Waals surface area contributed by atoms with Gasteiger partial charge in [0.25, 0.3) is 5.91 Å². The summed E-state index contributed by atoms with van der Waals surface area (Å²) in [4.78, 5) is 49.3. The lowest BCUT2D eigenvalue weighted by Crippen LogP contribution is -2.35. The largest absolute Gasteiger partial charge is 0.465 e. The average Bonchev–Trinajstić information content (AvgIpc) is 2.99. The number of carbonyl (C=O) groups excluding carboxylic acids is 3. The molecule has 1 aliphatic rings. The number of rotatable bonds is 4. The SMILES string of the molecule is COC(=O)c1cccc(CN2CCN(C(=O)c3ccc4nccnc4c3)CCC2=O)c1. The van der Waals surface area contributed by atoms with Crippen molar-refractivity contribution in [3.63, 3.8) is 0 Å². The maximum Gasteiger partial charge on any atom is 0.337 e. The summed E-state index contributed by atoms with van der Waals surface area (Å²) in [5, 5.41) is 0. The number of ether oxygens (including phenoxy) is 1. The van der Waals surface area contributed by atoms with E-state index in [-0.39, 0.29) is 18.2 Å². The van der Waals surface area contributed by atoms with Crippen LogP contribution < -0.4 is 0 Å². The van der Waals surface area contributed by atoms with Crippen LogP contribution in [0.3, 0.4) is 0 Å². The van der Waals surface area contributed by atoms with E-state index < -0.39 is 5.97 Å². The molecule has 1 saturated heterocycles. The van der Waals surface area contributed by atoms with Crippen molar-refractivity contribution in [1.29, 1.82) is 0 Å². The first-order valence-electron chi connectivity index (χ1n) is 10.0. The molecule has 0 spiro atoms. The van der Waals surface area contributed by atoms with Crippen LogP contribution in [0.2, 0.25) is 0 Å². The summed E-state index contributed by atoms with van der Waals surface area (Å²) in [6, 6.07) is 12.3. The summed E-state index contributed by atoms with van der Waals surface area (Å²) in [7, 11) is 1.33. The second kappa shape index (κ2) is 8.91. The fraction of sp³-hybridized carbons (Fsp3) is 0.261. The van der Waals surface area contributed by atoms with Crippen LogP contribution in [0.1, 0.15) is 32.7 Å². The van der Waals surface area contributed by atoms with Crippen LogP contribution in [0.15, 0.2) is 54.9 Å².